The second-order valence-electron chi connectivity index (χ2n) is 8.01. The fourth-order valence-electron chi connectivity index (χ4n) is 3.89. The van der Waals surface area contributed by atoms with E-state index in [4.69, 9.17) is 13.9 Å². The van der Waals surface area contributed by atoms with Gasteiger partial charge in [0.15, 0.2) is 12.4 Å². The number of nitrogens with zero attached hydrogens (tertiary/aromatic N) is 1. The Hall–Kier alpha value is -4.60. The monoisotopic (exact) mass is 490 g/mol. The van der Waals surface area contributed by atoms with E-state index >= 15 is 0 Å². The number of hydrazone groups is 1. The molecule has 1 heterocycles. The minimum absolute atomic E-state index is 0.0648. The molecule has 186 valence electrons. The van der Waals surface area contributed by atoms with Gasteiger partial charge in [-0.15, -0.1) is 0 Å². The SMILES string of the molecule is COc1ccccc1C(=O)N/N=C1\CCCc2oc(C(=O)NNC(=O)COc3ccccc3)c(C)c21. The second kappa shape index (κ2) is 11.2. The Kier molecular flexibility index (Phi) is 7.64. The molecule has 10 heteroatoms. The van der Waals surface area contributed by atoms with Crippen LogP contribution in [-0.4, -0.2) is 37.1 Å². The van der Waals surface area contributed by atoms with Gasteiger partial charge in [0.05, 0.1) is 18.4 Å². The van der Waals surface area contributed by atoms with Crippen molar-refractivity contribution >= 4 is 23.4 Å². The fraction of sp³-hybridized carbons (Fsp3) is 0.231. The van der Waals surface area contributed by atoms with Crippen LogP contribution in [0.15, 0.2) is 64.1 Å². The van der Waals surface area contributed by atoms with Crippen LogP contribution < -0.4 is 25.8 Å². The van der Waals surface area contributed by atoms with Gasteiger partial charge in [-0.25, -0.2) is 5.43 Å². The van der Waals surface area contributed by atoms with E-state index in [1.54, 1.807) is 55.5 Å². The van der Waals surface area contributed by atoms with Crippen LogP contribution in [-0.2, 0) is 11.2 Å². The fourth-order valence-corrected chi connectivity index (χ4v) is 3.89. The number of hydrazine groups is 1. The summed E-state index contributed by atoms with van der Waals surface area (Å²) in [6, 6.07) is 15.7. The number of aryl methyl sites for hydroxylation is 1. The highest BCUT2D eigenvalue weighted by atomic mass is 16.5. The van der Waals surface area contributed by atoms with Gasteiger partial charge >= 0.3 is 5.91 Å². The summed E-state index contributed by atoms with van der Waals surface area (Å²) in [4.78, 5) is 37.4. The van der Waals surface area contributed by atoms with Crippen molar-refractivity contribution in [2.24, 2.45) is 5.10 Å². The first-order valence-electron chi connectivity index (χ1n) is 11.4. The zero-order valence-electron chi connectivity index (χ0n) is 19.9. The Morgan fingerprint density at radius 1 is 0.972 bits per heavy atom. The lowest BCUT2D eigenvalue weighted by atomic mass is 9.93. The molecule has 10 nitrogen and oxygen atoms in total. The number of para-hydroxylation sites is 2. The first-order valence-corrected chi connectivity index (χ1v) is 11.4. The average Bonchev–Trinajstić information content (AvgIpc) is 3.26. The van der Waals surface area contributed by atoms with Crippen molar-refractivity contribution in [1.82, 2.24) is 16.3 Å². The number of carbonyl (C=O) groups excluding carboxylic acids is 3. The van der Waals surface area contributed by atoms with Crippen molar-refractivity contribution < 1.29 is 28.3 Å². The Morgan fingerprint density at radius 3 is 2.50 bits per heavy atom. The van der Waals surface area contributed by atoms with Crippen molar-refractivity contribution in [2.45, 2.75) is 26.2 Å². The van der Waals surface area contributed by atoms with Gasteiger partial charge in [0.1, 0.15) is 17.3 Å². The summed E-state index contributed by atoms with van der Waals surface area (Å²) >= 11 is 0. The molecule has 0 radical (unpaired) electrons. The maximum atomic E-state index is 12.7. The van der Waals surface area contributed by atoms with E-state index in [2.05, 4.69) is 21.4 Å². The van der Waals surface area contributed by atoms with Gasteiger partial charge in [-0.1, -0.05) is 30.3 Å². The van der Waals surface area contributed by atoms with Crippen LogP contribution in [0, 0.1) is 6.92 Å². The molecule has 3 amide bonds. The number of hydrogen-bond acceptors (Lipinski definition) is 7. The Morgan fingerprint density at radius 2 is 1.72 bits per heavy atom. The molecule has 0 saturated heterocycles. The molecule has 36 heavy (non-hydrogen) atoms. The molecule has 1 aromatic heterocycles. The van der Waals surface area contributed by atoms with Gasteiger partial charge in [-0.2, -0.15) is 5.10 Å². The van der Waals surface area contributed by atoms with Gasteiger partial charge in [0, 0.05) is 17.5 Å². The number of carbonyl (C=O) groups is 3. The van der Waals surface area contributed by atoms with Crippen LogP contribution >= 0.6 is 0 Å². The number of ether oxygens (including phenoxy) is 2. The third-order valence-corrected chi connectivity index (χ3v) is 5.60. The number of rotatable bonds is 7. The van der Waals surface area contributed by atoms with Crippen molar-refractivity contribution in [2.75, 3.05) is 13.7 Å². The predicted molar refractivity (Wildman–Crippen MR) is 131 cm³/mol. The summed E-state index contributed by atoms with van der Waals surface area (Å²) in [6.07, 6.45) is 1.98. The van der Waals surface area contributed by atoms with Crippen LogP contribution in [0.25, 0.3) is 0 Å². The summed E-state index contributed by atoms with van der Waals surface area (Å²) in [5.74, 6) is 0.108. The lowest BCUT2D eigenvalue weighted by molar-refractivity contribution is -0.123. The van der Waals surface area contributed by atoms with E-state index in [1.165, 1.54) is 7.11 Å². The summed E-state index contributed by atoms with van der Waals surface area (Å²) in [5, 5.41) is 4.32. The van der Waals surface area contributed by atoms with E-state index in [0.29, 0.717) is 52.5 Å². The Labute approximate surface area is 207 Å². The Balaban J connectivity index is 1.41. The summed E-state index contributed by atoms with van der Waals surface area (Å²) < 4.78 is 16.4. The lowest BCUT2D eigenvalue weighted by Crippen LogP contribution is -2.43. The van der Waals surface area contributed by atoms with Crippen LogP contribution in [0.1, 0.15) is 50.6 Å². The van der Waals surface area contributed by atoms with Crippen molar-refractivity contribution in [1.29, 1.82) is 0 Å². The summed E-state index contributed by atoms with van der Waals surface area (Å²) in [6.45, 7) is 1.47. The van der Waals surface area contributed by atoms with E-state index in [-0.39, 0.29) is 12.4 Å². The van der Waals surface area contributed by atoms with Gasteiger partial charge < -0.3 is 13.9 Å². The second-order valence-corrected chi connectivity index (χ2v) is 8.01. The molecule has 0 atom stereocenters. The molecule has 1 aliphatic rings. The molecule has 0 fully saturated rings. The standard InChI is InChI=1S/C26H26N4O6/c1-16-23-19(27-29-25(32)18-11-6-7-13-20(18)34-2)12-8-14-21(23)36-24(16)26(33)30-28-22(31)15-35-17-9-4-3-5-10-17/h3-7,9-11,13H,8,12,14-15H2,1-2H3,(H,28,31)(H,29,32)(H,30,33)/b27-19+. The van der Waals surface area contributed by atoms with Gasteiger partial charge in [-0.05, 0) is 44.0 Å². The molecule has 0 aliphatic heterocycles. The highest BCUT2D eigenvalue weighted by Crippen LogP contribution is 2.30. The van der Waals surface area contributed by atoms with Crippen molar-refractivity contribution in [3.63, 3.8) is 0 Å². The maximum Gasteiger partial charge on any atom is 0.305 e. The highest BCUT2D eigenvalue weighted by molar-refractivity contribution is 6.07. The van der Waals surface area contributed by atoms with E-state index in [1.807, 2.05) is 6.07 Å². The molecular formula is C26H26N4O6. The smallest absolute Gasteiger partial charge is 0.305 e. The molecular weight excluding hydrogens is 464 g/mol. The molecule has 0 unspecified atom stereocenters. The zero-order valence-corrected chi connectivity index (χ0v) is 19.9. The minimum atomic E-state index is -0.604. The van der Waals surface area contributed by atoms with Crippen LogP contribution in [0.2, 0.25) is 0 Å². The molecule has 3 N–H and O–H groups in total. The van der Waals surface area contributed by atoms with E-state index < -0.39 is 17.7 Å². The lowest BCUT2D eigenvalue weighted by Gasteiger charge is -2.14. The molecule has 2 aromatic carbocycles. The van der Waals surface area contributed by atoms with E-state index in [9.17, 15) is 14.4 Å². The number of amides is 3. The molecule has 0 saturated carbocycles. The third kappa shape index (κ3) is 5.54. The number of fused-ring (bicyclic) bond motifs is 1. The third-order valence-electron chi connectivity index (χ3n) is 5.60. The largest absolute Gasteiger partial charge is 0.496 e. The maximum absolute atomic E-state index is 12.7. The zero-order chi connectivity index (χ0) is 25.5. The average molecular weight is 491 g/mol. The van der Waals surface area contributed by atoms with Crippen molar-refractivity contribution in [3.05, 3.63) is 82.8 Å². The number of benzene rings is 2. The molecule has 1 aliphatic carbocycles. The quantitative estimate of drug-likeness (QED) is 0.437. The molecule has 3 aromatic rings. The summed E-state index contributed by atoms with van der Waals surface area (Å²) in [5.41, 5.74) is 9.46. The number of methoxy groups -OCH3 is 1. The highest BCUT2D eigenvalue weighted by Gasteiger charge is 2.28. The number of nitrogens with one attached hydrogen (secondary N) is 3. The normalized spacial score (nSPS) is 13.4. The van der Waals surface area contributed by atoms with Crippen LogP contribution in [0.3, 0.4) is 0 Å². The first kappa shape index (κ1) is 24.5. The molecule has 0 spiro atoms. The first-order chi connectivity index (χ1) is 17.5. The molecule has 4 rings (SSSR count). The van der Waals surface area contributed by atoms with Crippen LogP contribution in [0.5, 0.6) is 11.5 Å². The summed E-state index contributed by atoms with van der Waals surface area (Å²) in [7, 11) is 1.49. The van der Waals surface area contributed by atoms with Gasteiger partial charge in [0.25, 0.3) is 11.8 Å². The predicted octanol–water partition coefficient (Wildman–Crippen LogP) is 2.91. The Bertz CT molecular complexity index is 1300. The molecule has 0 bridgehead atoms. The van der Waals surface area contributed by atoms with Gasteiger partial charge in [-0.3, -0.25) is 25.2 Å². The van der Waals surface area contributed by atoms with Crippen LogP contribution in [0.4, 0.5) is 0 Å². The van der Waals surface area contributed by atoms with Crippen molar-refractivity contribution in [3.8, 4) is 11.5 Å². The minimum Gasteiger partial charge on any atom is -0.496 e. The number of furan rings is 1. The topological polar surface area (TPSA) is 131 Å². The van der Waals surface area contributed by atoms with Gasteiger partial charge in [0.2, 0.25) is 0 Å². The number of hydrogen-bond donors (Lipinski definition) is 3. The van der Waals surface area contributed by atoms with E-state index in [0.717, 1.165) is 6.42 Å².